The molecule has 386 valence electrons. The number of hydrogen-bond acceptors (Lipinski definition) is 11. The van der Waals surface area contributed by atoms with Crippen molar-refractivity contribution in [3.63, 3.8) is 0 Å². The lowest BCUT2D eigenvalue weighted by Gasteiger charge is -2.48. The summed E-state index contributed by atoms with van der Waals surface area (Å²) in [7, 11) is 0. The van der Waals surface area contributed by atoms with Gasteiger partial charge in [0.1, 0.15) is 11.3 Å². The normalized spacial score (nSPS) is 25.6. The van der Waals surface area contributed by atoms with Crippen LogP contribution in [0.1, 0.15) is 146 Å². The highest BCUT2D eigenvalue weighted by molar-refractivity contribution is 6.09. The van der Waals surface area contributed by atoms with E-state index in [1.54, 1.807) is 6.20 Å². The van der Waals surface area contributed by atoms with Crippen LogP contribution in [0.5, 0.6) is 0 Å². The molecule has 6 aliphatic heterocycles. The van der Waals surface area contributed by atoms with Gasteiger partial charge in [0, 0.05) is 98.6 Å². The Balaban J connectivity index is 0.706. The van der Waals surface area contributed by atoms with Gasteiger partial charge in [-0.05, 0) is 152 Å². The van der Waals surface area contributed by atoms with E-state index >= 15 is 4.79 Å². The summed E-state index contributed by atoms with van der Waals surface area (Å²) in [6.45, 7) is 14.3. The number of imide groups is 1. The summed E-state index contributed by atoms with van der Waals surface area (Å²) < 4.78 is 2.20. The van der Waals surface area contributed by atoms with E-state index < -0.39 is 10.8 Å². The van der Waals surface area contributed by atoms with Crippen LogP contribution < -0.4 is 20.4 Å². The molecular formula is C57H73N11O5. The molecule has 73 heavy (non-hydrogen) atoms. The Hall–Kier alpha value is -5.90. The molecule has 5 amide bonds. The van der Waals surface area contributed by atoms with Gasteiger partial charge in [0.2, 0.25) is 29.5 Å². The number of pyridine rings is 2. The molecule has 1 spiro atoms. The Kier molecular flexibility index (Phi) is 12.4. The SMILES string of the molecule is Cc1cc(N2CCC(C(=O)N3CCC(C)(C(=O)N4CCC5(CC4)C(=O)N(C4CC(N6CCCCC6)C4)c4cc(-c6cc7ncn(C(C)C)c7c(NC7CC7)n6)ccc45)CC3)CC2)ncc1C1CCC(=O)NC1=O. The molecule has 9 heterocycles. The summed E-state index contributed by atoms with van der Waals surface area (Å²) in [5.41, 5.74) is 6.46. The lowest BCUT2D eigenvalue weighted by Crippen LogP contribution is -2.59. The molecule has 2 N–H and O–H groups in total. The van der Waals surface area contributed by atoms with Crippen molar-refractivity contribution in [1.29, 1.82) is 0 Å². The molecule has 2 saturated carbocycles. The van der Waals surface area contributed by atoms with Crippen LogP contribution in [0.4, 0.5) is 17.3 Å². The lowest BCUT2D eigenvalue weighted by molar-refractivity contribution is -0.150. The van der Waals surface area contributed by atoms with Gasteiger partial charge in [0.25, 0.3) is 0 Å². The maximum Gasteiger partial charge on any atom is 0.238 e. The van der Waals surface area contributed by atoms with Gasteiger partial charge >= 0.3 is 0 Å². The van der Waals surface area contributed by atoms with Crippen molar-refractivity contribution in [2.45, 2.75) is 160 Å². The molecular weight excluding hydrogens is 919 g/mol. The van der Waals surface area contributed by atoms with Crippen LogP contribution in [0.3, 0.4) is 0 Å². The van der Waals surface area contributed by atoms with Crippen LogP contribution in [0, 0.1) is 18.3 Å². The van der Waals surface area contributed by atoms with E-state index in [1.807, 2.05) is 29.1 Å². The third-order valence-electron chi connectivity index (χ3n) is 18.6. The van der Waals surface area contributed by atoms with E-state index in [1.165, 1.54) is 19.3 Å². The summed E-state index contributed by atoms with van der Waals surface area (Å²) >= 11 is 0. The topological polar surface area (TPSA) is 169 Å². The molecule has 1 atom stereocenters. The number of nitrogens with one attached hydrogen (secondary N) is 2. The third-order valence-corrected chi connectivity index (χ3v) is 18.6. The molecule has 7 fully saturated rings. The number of likely N-dealkylation sites (tertiary alicyclic amines) is 3. The molecule has 1 aromatic carbocycles. The van der Waals surface area contributed by atoms with Crippen molar-refractivity contribution >= 4 is 57.9 Å². The van der Waals surface area contributed by atoms with Gasteiger partial charge in [-0.15, -0.1) is 0 Å². The summed E-state index contributed by atoms with van der Waals surface area (Å²) in [4.78, 5) is 94.1. The number of benzene rings is 1. The van der Waals surface area contributed by atoms with Crippen LogP contribution in [0.2, 0.25) is 0 Å². The number of rotatable bonds is 10. The Morgan fingerprint density at radius 3 is 2.22 bits per heavy atom. The zero-order chi connectivity index (χ0) is 50.3. The average molecular weight is 992 g/mol. The van der Waals surface area contributed by atoms with Crippen molar-refractivity contribution in [1.82, 2.24) is 39.5 Å². The van der Waals surface area contributed by atoms with Crippen molar-refractivity contribution in [3.8, 4) is 11.3 Å². The van der Waals surface area contributed by atoms with Crippen molar-refractivity contribution in [2.24, 2.45) is 11.3 Å². The lowest BCUT2D eigenvalue weighted by atomic mass is 9.72. The minimum atomic E-state index is -0.687. The number of anilines is 3. The molecule has 4 aromatic rings. The molecule has 12 rings (SSSR count). The van der Waals surface area contributed by atoms with Crippen LogP contribution in [0.25, 0.3) is 22.3 Å². The molecule has 3 aromatic heterocycles. The van der Waals surface area contributed by atoms with Crippen LogP contribution in [-0.4, -0.2) is 134 Å². The monoisotopic (exact) mass is 992 g/mol. The summed E-state index contributed by atoms with van der Waals surface area (Å²) in [5.74, 6) is 1.30. The first kappa shape index (κ1) is 48.1. The second kappa shape index (κ2) is 18.8. The highest BCUT2D eigenvalue weighted by Gasteiger charge is 2.56. The van der Waals surface area contributed by atoms with Gasteiger partial charge in [-0.3, -0.25) is 29.3 Å². The van der Waals surface area contributed by atoms with Gasteiger partial charge in [-0.25, -0.2) is 15.0 Å². The Labute approximate surface area is 429 Å². The predicted octanol–water partition coefficient (Wildman–Crippen LogP) is 7.25. The number of nitrogens with zero attached hydrogens (tertiary/aromatic N) is 9. The standard InChI is InChI=1S/C57H73N11O5/c1-35(2)67-34-59-46-32-45(61-51(50(46)67)60-39-9-10-39)38-8-12-44-47(29-38)68(41-30-40(31-41)63-20-6-5-7-21-63)55(73)57(44)18-26-66(27-19-57)54(72)56(4)16-24-65(25-17-56)53(71)37-14-22-64(23-15-37)48-28-36(3)43(33-58-48)42-11-13-49(69)62-52(42)70/h8,12,28-29,32-35,37,39-42H,5-7,9-11,13-27,30-31H2,1-4H3,(H,60,61)(H,62,69,70). The number of hydrogen-bond donors (Lipinski definition) is 2. The minimum absolute atomic E-state index is 0.0761. The molecule has 16 heteroatoms. The van der Waals surface area contributed by atoms with Gasteiger partial charge in [-0.1, -0.05) is 25.5 Å². The van der Waals surface area contributed by atoms with Crippen molar-refractivity contribution in [2.75, 3.05) is 67.5 Å². The van der Waals surface area contributed by atoms with Crippen LogP contribution in [0.15, 0.2) is 42.9 Å². The Morgan fingerprint density at radius 1 is 0.808 bits per heavy atom. The predicted molar refractivity (Wildman–Crippen MR) is 280 cm³/mol. The number of piperidine rings is 5. The number of aromatic nitrogens is 4. The fourth-order valence-corrected chi connectivity index (χ4v) is 13.7. The molecule has 0 radical (unpaired) electrons. The summed E-state index contributed by atoms with van der Waals surface area (Å²) in [5, 5.41) is 6.16. The maximum absolute atomic E-state index is 15.3. The Morgan fingerprint density at radius 2 is 1.53 bits per heavy atom. The molecule has 1 unspecified atom stereocenters. The Bertz CT molecular complexity index is 2840. The second-order valence-electron chi connectivity index (χ2n) is 23.6. The van der Waals surface area contributed by atoms with E-state index in [2.05, 4.69) is 74.9 Å². The third kappa shape index (κ3) is 8.66. The van der Waals surface area contributed by atoms with E-state index in [0.717, 1.165) is 108 Å². The number of aryl methyl sites for hydroxylation is 1. The van der Waals surface area contributed by atoms with Crippen molar-refractivity contribution < 1.29 is 24.0 Å². The number of fused-ring (bicyclic) bond motifs is 3. The zero-order valence-electron chi connectivity index (χ0n) is 43.3. The number of carbonyl (C=O) groups is 5. The van der Waals surface area contributed by atoms with Gasteiger partial charge in [-0.2, -0.15) is 0 Å². The van der Waals surface area contributed by atoms with Gasteiger partial charge in [0.05, 0.1) is 28.9 Å². The first-order valence-electron chi connectivity index (χ1n) is 27.8. The molecule has 2 aliphatic carbocycles. The number of carbonyl (C=O) groups excluding carboxylic acids is 5. The fourth-order valence-electron chi connectivity index (χ4n) is 13.7. The maximum atomic E-state index is 15.3. The molecule has 5 saturated heterocycles. The molecule has 16 nitrogen and oxygen atoms in total. The zero-order valence-corrected chi connectivity index (χ0v) is 43.3. The van der Waals surface area contributed by atoms with Crippen LogP contribution in [-0.2, 0) is 29.4 Å². The highest BCUT2D eigenvalue weighted by atomic mass is 16.2. The van der Waals surface area contributed by atoms with E-state index in [-0.39, 0.29) is 53.5 Å². The fraction of sp³-hybridized carbons (Fsp3) is 0.614. The van der Waals surface area contributed by atoms with Gasteiger partial charge in [0.15, 0.2) is 5.82 Å². The van der Waals surface area contributed by atoms with Crippen molar-refractivity contribution in [3.05, 3.63) is 59.5 Å². The molecule has 0 bridgehead atoms. The van der Waals surface area contributed by atoms with E-state index in [9.17, 15) is 19.2 Å². The highest BCUT2D eigenvalue weighted by Crippen LogP contribution is 2.53. The van der Waals surface area contributed by atoms with E-state index in [4.69, 9.17) is 15.0 Å². The largest absolute Gasteiger partial charge is 0.366 e. The number of imidazole rings is 1. The smallest absolute Gasteiger partial charge is 0.238 e. The second-order valence-corrected chi connectivity index (χ2v) is 23.6. The van der Waals surface area contributed by atoms with Gasteiger partial charge < -0.3 is 34.4 Å². The quantitative estimate of drug-likeness (QED) is 0.154. The molecule has 8 aliphatic rings. The first-order valence-corrected chi connectivity index (χ1v) is 27.8. The minimum Gasteiger partial charge on any atom is -0.366 e. The summed E-state index contributed by atoms with van der Waals surface area (Å²) in [6, 6.07) is 12.0. The summed E-state index contributed by atoms with van der Waals surface area (Å²) in [6.07, 6.45) is 16.5. The first-order chi connectivity index (χ1) is 35.3. The number of amides is 5. The van der Waals surface area contributed by atoms with Crippen LogP contribution >= 0.6 is 0 Å². The average Bonchev–Trinajstić information content (AvgIpc) is 4.05. The van der Waals surface area contributed by atoms with E-state index in [0.29, 0.717) is 89.9 Å².